The van der Waals surface area contributed by atoms with E-state index < -0.39 is 0 Å². The summed E-state index contributed by atoms with van der Waals surface area (Å²) in [6.45, 7) is 9.46. The summed E-state index contributed by atoms with van der Waals surface area (Å²) >= 11 is 0. The Balaban J connectivity index is 1.61. The quantitative estimate of drug-likeness (QED) is 0.526. The zero-order chi connectivity index (χ0) is 21.1. The van der Waals surface area contributed by atoms with Gasteiger partial charge in [0.2, 0.25) is 5.82 Å². The largest absolute Gasteiger partial charge is 0.255 e. The Labute approximate surface area is 175 Å². The van der Waals surface area contributed by atoms with Crippen LogP contribution in [0.4, 0.5) is 0 Å². The van der Waals surface area contributed by atoms with Gasteiger partial charge in [0.05, 0.1) is 5.69 Å². The average Bonchev–Trinajstić information content (AvgIpc) is 3.39. The van der Waals surface area contributed by atoms with Crippen LogP contribution in [0.1, 0.15) is 51.3 Å². The Morgan fingerprint density at radius 3 is 2.53 bits per heavy atom. The van der Waals surface area contributed by atoms with Gasteiger partial charge < -0.3 is 0 Å². The van der Waals surface area contributed by atoms with E-state index in [4.69, 9.17) is 10.1 Å². The van der Waals surface area contributed by atoms with Gasteiger partial charge in [0, 0.05) is 35.7 Å². The van der Waals surface area contributed by atoms with Gasteiger partial charge in [-0.1, -0.05) is 52.0 Å². The summed E-state index contributed by atoms with van der Waals surface area (Å²) in [7, 11) is 0. The first-order valence-electron chi connectivity index (χ1n) is 10.2. The van der Waals surface area contributed by atoms with Crippen molar-refractivity contribution in [1.82, 2.24) is 40.4 Å². The molecule has 8 nitrogen and oxygen atoms in total. The molecule has 0 atom stereocenters. The van der Waals surface area contributed by atoms with Gasteiger partial charge in [0.15, 0.2) is 5.82 Å². The molecule has 0 saturated heterocycles. The smallest absolute Gasteiger partial charge is 0.206 e. The van der Waals surface area contributed by atoms with Crippen molar-refractivity contribution in [2.24, 2.45) is 0 Å². The third-order valence-electron chi connectivity index (χ3n) is 4.84. The number of aromatic amines is 1. The molecule has 3 heterocycles. The van der Waals surface area contributed by atoms with Crippen LogP contribution in [0.5, 0.6) is 0 Å². The summed E-state index contributed by atoms with van der Waals surface area (Å²) < 4.78 is 2.04. The molecule has 154 valence electrons. The highest BCUT2D eigenvalue weighted by molar-refractivity contribution is 5.76. The molecule has 0 fully saturated rings. The molecule has 0 radical (unpaired) electrons. The number of hydrogen-bond acceptors (Lipinski definition) is 6. The second-order valence-corrected chi connectivity index (χ2v) is 8.33. The lowest BCUT2D eigenvalue weighted by atomic mass is 9.96. The van der Waals surface area contributed by atoms with E-state index in [2.05, 4.69) is 77.6 Å². The van der Waals surface area contributed by atoms with Crippen LogP contribution in [0.15, 0.2) is 42.6 Å². The Hall–Kier alpha value is -3.42. The molecule has 8 heteroatoms. The summed E-state index contributed by atoms with van der Waals surface area (Å²) in [5, 5.41) is 19.1. The highest BCUT2D eigenvalue weighted by Gasteiger charge is 2.21. The van der Waals surface area contributed by atoms with Crippen molar-refractivity contribution in [2.75, 3.05) is 0 Å². The summed E-state index contributed by atoms with van der Waals surface area (Å²) in [5.41, 5.74) is 3.79. The number of nitrogens with zero attached hydrogens (tertiary/aromatic N) is 7. The third-order valence-corrected chi connectivity index (χ3v) is 4.84. The van der Waals surface area contributed by atoms with Gasteiger partial charge in [-0.3, -0.25) is 4.98 Å². The van der Waals surface area contributed by atoms with Crippen molar-refractivity contribution in [3.63, 3.8) is 0 Å². The molecule has 0 amide bonds. The fourth-order valence-electron chi connectivity index (χ4n) is 3.27. The number of rotatable bonds is 6. The molecule has 0 aliphatic heterocycles. The van der Waals surface area contributed by atoms with Crippen LogP contribution in [0.2, 0.25) is 0 Å². The van der Waals surface area contributed by atoms with Gasteiger partial charge in [0.1, 0.15) is 5.82 Å². The Kier molecular flexibility index (Phi) is 5.39. The van der Waals surface area contributed by atoms with E-state index in [1.54, 1.807) is 6.20 Å². The summed E-state index contributed by atoms with van der Waals surface area (Å²) in [6.07, 6.45) is 3.54. The van der Waals surface area contributed by atoms with Gasteiger partial charge in [-0.15, -0.1) is 10.2 Å². The third kappa shape index (κ3) is 4.12. The van der Waals surface area contributed by atoms with Crippen LogP contribution in [0, 0.1) is 0 Å². The molecule has 0 spiro atoms. The highest BCUT2D eigenvalue weighted by Crippen LogP contribution is 2.28. The molecule has 30 heavy (non-hydrogen) atoms. The number of aromatic nitrogens is 8. The Morgan fingerprint density at radius 1 is 1.07 bits per heavy atom. The van der Waals surface area contributed by atoms with Crippen molar-refractivity contribution >= 4 is 0 Å². The Morgan fingerprint density at radius 2 is 1.87 bits per heavy atom. The second kappa shape index (κ2) is 8.14. The van der Waals surface area contributed by atoms with Crippen molar-refractivity contribution in [2.45, 2.75) is 52.5 Å². The maximum absolute atomic E-state index is 4.84. The van der Waals surface area contributed by atoms with Crippen molar-refractivity contribution in [1.29, 1.82) is 0 Å². The van der Waals surface area contributed by atoms with E-state index >= 15 is 0 Å². The molecule has 0 bridgehead atoms. The lowest BCUT2D eigenvalue weighted by Gasteiger charge is -2.12. The number of hydrogen-bond donors (Lipinski definition) is 1. The first-order chi connectivity index (χ1) is 14.5. The fraction of sp³-hybridized carbons (Fsp3) is 0.364. The van der Waals surface area contributed by atoms with Crippen LogP contribution < -0.4 is 0 Å². The molecule has 3 aromatic heterocycles. The number of H-pyrrole nitrogens is 1. The van der Waals surface area contributed by atoms with Gasteiger partial charge in [0.25, 0.3) is 0 Å². The van der Waals surface area contributed by atoms with Gasteiger partial charge in [-0.25, -0.2) is 9.67 Å². The lowest BCUT2D eigenvalue weighted by molar-refractivity contribution is 0.518. The maximum atomic E-state index is 4.84. The number of nitrogens with one attached hydrogen (secondary N) is 1. The highest BCUT2D eigenvalue weighted by atomic mass is 15.5. The van der Waals surface area contributed by atoms with Crippen LogP contribution in [0.3, 0.4) is 0 Å². The number of aryl methyl sites for hydroxylation is 1. The predicted octanol–water partition coefficient (Wildman–Crippen LogP) is 3.82. The van der Waals surface area contributed by atoms with E-state index in [0.717, 1.165) is 47.9 Å². The zero-order valence-corrected chi connectivity index (χ0v) is 17.8. The van der Waals surface area contributed by atoms with Crippen LogP contribution in [-0.4, -0.2) is 40.4 Å². The van der Waals surface area contributed by atoms with Crippen molar-refractivity contribution in [3.05, 3.63) is 59.8 Å². The van der Waals surface area contributed by atoms with Crippen molar-refractivity contribution in [3.8, 4) is 22.6 Å². The molecule has 0 saturated carbocycles. The summed E-state index contributed by atoms with van der Waals surface area (Å²) in [4.78, 5) is 9.38. The Bertz CT molecular complexity index is 1110. The number of pyridine rings is 1. The topological polar surface area (TPSA) is 98.1 Å². The molecule has 4 rings (SSSR count). The summed E-state index contributed by atoms with van der Waals surface area (Å²) in [6, 6.07) is 12.2. The standard InChI is InChI=1S/C22H26N8/c1-5-13-30-18(24-21(27-30)22(2,3)4)14-15-8-10-16(11-9-15)19-17(7-6-12-23-19)20-25-28-29-26-20/h6-12H,5,13-14H2,1-4H3,(H,25,26,28,29). The van der Waals surface area contributed by atoms with E-state index in [-0.39, 0.29) is 5.41 Å². The van der Waals surface area contributed by atoms with E-state index in [1.165, 1.54) is 5.56 Å². The minimum Gasteiger partial charge on any atom is -0.255 e. The minimum atomic E-state index is -0.0673. The summed E-state index contributed by atoms with van der Waals surface area (Å²) in [5.74, 6) is 2.42. The van der Waals surface area contributed by atoms with Crippen LogP contribution >= 0.6 is 0 Å². The van der Waals surface area contributed by atoms with Gasteiger partial charge >= 0.3 is 0 Å². The lowest BCUT2D eigenvalue weighted by Crippen LogP contribution is -2.14. The first kappa shape index (κ1) is 19.9. The molecule has 1 aromatic carbocycles. The monoisotopic (exact) mass is 402 g/mol. The van der Waals surface area contributed by atoms with E-state index in [0.29, 0.717) is 5.82 Å². The van der Waals surface area contributed by atoms with E-state index in [1.807, 2.05) is 16.8 Å². The first-order valence-corrected chi connectivity index (χ1v) is 10.2. The molecule has 1 N–H and O–H groups in total. The van der Waals surface area contributed by atoms with Gasteiger partial charge in [-0.05, 0) is 29.3 Å². The second-order valence-electron chi connectivity index (χ2n) is 8.33. The number of tetrazole rings is 1. The molecular formula is C22H26N8. The minimum absolute atomic E-state index is 0.0673. The number of benzene rings is 1. The molecule has 0 aliphatic carbocycles. The molecule has 4 aromatic rings. The molecular weight excluding hydrogens is 376 g/mol. The van der Waals surface area contributed by atoms with Crippen LogP contribution in [0.25, 0.3) is 22.6 Å². The van der Waals surface area contributed by atoms with Crippen molar-refractivity contribution < 1.29 is 0 Å². The van der Waals surface area contributed by atoms with Crippen LogP contribution in [-0.2, 0) is 18.4 Å². The maximum Gasteiger partial charge on any atom is 0.206 e. The molecule has 0 unspecified atom stereocenters. The van der Waals surface area contributed by atoms with Gasteiger partial charge in [-0.2, -0.15) is 10.3 Å². The molecule has 0 aliphatic rings. The van der Waals surface area contributed by atoms with E-state index in [9.17, 15) is 0 Å². The normalized spacial score (nSPS) is 11.7. The zero-order valence-electron chi connectivity index (χ0n) is 17.8. The fourth-order valence-corrected chi connectivity index (χ4v) is 3.27. The average molecular weight is 403 g/mol. The SMILES string of the molecule is CCCn1nc(C(C)(C)C)nc1Cc1ccc(-c2ncccc2-c2nn[nH]n2)cc1. The predicted molar refractivity (Wildman–Crippen MR) is 115 cm³/mol.